The lowest BCUT2D eigenvalue weighted by Crippen LogP contribution is -2.50. The zero-order chi connectivity index (χ0) is 17.7. The third-order valence-corrected chi connectivity index (χ3v) is 2.61. The van der Waals surface area contributed by atoms with Gasteiger partial charge in [-0.05, 0) is 6.92 Å². The lowest BCUT2D eigenvalue weighted by molar-refractivity contribution is -0.394. The van der Waals surface area contributed by atoms with Crippen molar-refractivity contribution in [3.8, 4) is 0 Å². The van der Waals surface area contributed by atoms with Gasteiger partial charge in [0.1, 0.15) is 5.69 Å². The molecule has 0 radical (unpaired) electrons. The standard InChI is InChI=1S/C9H6F7N3O3/c1-3-5(19(21)22)6(17-18(3)4(2)20)7(10,11)8(12,13)9(14,15)16/h1-2H3. The van der Waals surface area contributed by atoms with Gasteiger partial charge in [0.2, 0.25) is 11.6 Å². The van der Waals surface area contributed by atoms with Crippen molar-refractivity contribution in [1.82, 2.24) is 9.78 Å². The first-order chi connectivity index (χ1) is 9.66. The first-order valence-electron chi connectivity index (χ1n) is 5.24. The number of carbonyl (C=O) groups excluding carboxylic acids is 1. The third kappa shape index (κ3) is 2.39. The molecule has 0 N–H and O–H groups in total. The van der Waals surface area contributed by atoms with Crippen LogP contribution in [0.3, 0.4) is 0 Å². The minimum absolute atomic E-state index is 0.0478. The van der Waals surface area contributed by atoms with Crippen LogP contribution in [-0.4, -0.2) is 32.7 Å². The number of alkyl halides is 7. The van der Waals surface area contributed by atoms with Crippen molar-refractivity contribution < 1.29 is 40.5 Å². The molecule has 0 spiro atoms. The molecule has 22 heavy (non-hydrogen) atoms. The van der Waals surface area contributed by atoms with Gasteiger partial charge in [-0.3, -0.25) is 14.9 Å². The molecule has 1 heterocycles. The van der Waals surface area contributed by atoms with Crippen molar-refractivity contribution in [1.29, 1.82) is 0 Å². The smallest absolute Gasteiger partial charge is 0.273 e. The summed E-state index contributed by atoms with van der Waals surface area (Å²) in [6.07, 6.45) is -6.68. The largest absolute Gasteiger partial charge is 0.460 e. The zero-order valence-electron chi connectivity index (χ0n) is 10.7. The van der Waals surface area contributed by atoms with E-state index in [2.05, 4.69) is 5.10 Å². The molecule has 6 nitrogen and oxygen atoms in total. The summed E-state index contributed by atoms with van der Waals surface area (Å²) in [7, 11) is 0. The van der Waals surface area contributed by atoms with Gasteiger partial charge < -0.3 is 0 Å². The Morgan fingerprint density at radius 2 is 1.64 bits per heavy atom. The first kappa shape index (κ1) is 17.8. The second-order valence-corrected chi connectivity index (χ2v) is 4.12. The summed E-state index contributed by atoms with van der Waals surface area (Å²) in [5.74, 6) is -13.8. The van der Waals surface area contributed by atoms with E-state index in [9.17, 15) is 45.6 Å². The van der Waals surface area contributed by atoms with Crippen molar-refractivity contribution in [2.24, 2.45) is 0 Å². The molecule has 124 valence electrons. The maximum atomic E-state index is 13.5. The number of nitrogens with zero attached hydrogens (tertiary/aromatic N) is 3. The number of carbonyl (C=O) groups is 1. The van der Waals surface area contributed by atoms with Crippen LogP contribution in [0.1, 0.15) is 23.1 Å². The molecule has 1 aromatic rings. The number of hydrogen-bond donors (Lipinski definition) is 0. The van der Waals surface area contributed by atoms with Crippen LogP contribution in [0.25, 0.3) is 0 Å². The molecule has 0 unspecified atom stereocenters. The van der Waals surface area contributed by atoms with Crippen molar-refractivity contribution >= 4 is 11.6 Å². The summed E-state index contributed by atoms with van der Waals surface area (Å²) < 4.78 is 89.3. The normalized spacial score (nSPS) is 13.3. The first-order valence-corrected chi connectivity index (χ1v) is 5.24. The van der Waals surface area contributed by atoms with E-state index in [0.29, 0.717) is 13.8 Å². The molecule has 0 bridgehead atoms. The lowest BCUT2D eigenvalue weighted by atomic mass is 10.1. The summed E-state index contributed by atoms with van der Waals surface area (Å²) in [4.78, 5) is 20.1. The minimum Gasteiger partial charge on any atom is -0.273 e. The highest BCUT2D eigenvalue weighted by molar-refractivity contribution is 5.77. The van der Waals surface area contributed by atoms with Crippen LogP contribution < -0.4 is 0 Å². The van der Waals surface area contributed by atoms with Gasteiger partial charge in [-0.15, -0.1) is 0 Å². The molecule has 0 aliphatic carbocycles. The van der Waals surface area contributed by atoms with E-state index in [1.165, 1.54) is 0 Å². The average molecular weight is 337 g/mol. The van der Waals surface area contributed by atoms with Gasteiger partial charge in [-0.2, -0.15) is 40.5 Å². The van der Waals surface area contributed by atoms with Crippen molar-refractivity contribution in [3.05, 3.63) is 21.5 Å². The Labute approximate surface area is 116 Å². The topological polar surface area (TPSA) is 78.0 Å². The maximum absolute atomic E-state index is 13.5. The zero-order valence-corrected chi connectivity index (χ0v) is 10.7. The maximum Gasteiger partial charge on any atom is 0.460 e. The van der Waals surface area contributed by atoms with Crippen molar-refractivity contribution in [2.75, 3.05) is 0 Å². The lowest BCUT2D eigenvalue weighted by Gasteiger charge is -2.26. The van der Waals surface area contributed by atoms with E-state index in [4.69, 9.17) is 0 Å². The number of rotatable bonds is 3. The summed E-state index contributed by atoms with van der Waals surface area (Å²) in [6, 6.07) is 0. The minimum atomic E-state index is -6.68. The highest BCUT2D eigenvalue weighted by Crippen LogP contribution is 2.53. The second kappa shape index (κ2) is 4.91. The monoisotopic (exact) mass is 337 g/mol. The van der Waals surface area contributed by atoms with E-state index in [1.807, 2.05) is 0 Å². The summed E-state index contributed by atoms with van der Waals surface area (Å²) >= 11 is 0. The molecule has 0 saturated heterocycles. The number of halogens is 7. The van der Waals surface area contributed by atoms with Crippen LogP contribution >= 0.6 is 0 Å². The van der Waals surface area contributed by atoms with Crippen LogP contribution in [0.4, 0.5) is 36.4 Å². The summed E-state index contributed by atoms with van der Waals surface area (Å²) in [5, 5.41) is 13.3. The molecule has 0 fully saturated rings. The molecule has 1 rings (SSSR count). The second-order valence-electron chi connectivity index (χ2n) is 4.12. The molecule has 1 aromatic heterocycles. The van der Waals surface area contributed by atoms with Crippen molar-refractivity contribution in [2.45, 2.75) is 31.9 Å². The Kier molecular flexibility index (Phi) is 3.98. The van der Waals surface area contributed by atoms with Gasteiger partial charge in [-0.1, -0.05) is 0 Å². The Morgan fingerprint density at radius 3 is 1.95 bits per heavy atom. The van der Waals surface area contributed by atoms with Gasteiger partial charge >= 0.3 is 23.7 Å². The van der Waals surface area contributed by atoms with Crippen LogP contribution in [0.15, 0.2) is 0 Å². The van der Waals surface area contributed by atoms with Gasteiger partial charge in [0.25, 0.3) is 0 Å². The van der Waals surface area contributed by atoms with Crippen LogP contribution in [0.5, 0.6) is 0 Å². The Morgan fingerprint density at radius 1 is 1.18 bits per heavy atom. The van der Waals surface area contributed by atoms with Gasteiger partial charge in [0, 0.05) is 6.92 Å². The highest BCUT2D eigenvalue weighted by atomic mass is 19.4. The Bertz CT molecular complexity index is 635. The van der Waals surface area contributed by atoms with E-state index < -0.39 is 45.9 Å². The summed E-state index contributed by atoms with van der Waals surface area (Å²) in [6.45, 7) is 1.41. The fraction of sp³-hybridized carbons (Fsp3) is 0.556. The third-order valence-electron chi connectivity index (χ3n) is 2.61. The molecular formula is C9H6F7N3O3. The molecule has 0 aromatic carbocycles. The van der Waals surface area contributed by atoms with E-state index >= 15 is 0 Å². The van der Waals surface area contributed by atoms with Gasteiger partial charge in [0.05, 0.1) is 4.92 Å². The van der Waals surface area contributed by atoms with Crippen LogP contribution in [0.2, 0.25) is 0 Å². The number of aromatic nitrogens is 2. The van der Waals surface area contributed by atoms with Crippen LogP contribution in [0, 0.1) is 17.0 Å². The fourth-order valence-electron chi connectivity index (χ4n) is 1.56. The van der Waals surface area contributed by atoms with Crippen LogP contribution in [-0.2, 0) is 5.92 Å². The highest BCUT2D eigenvalue weighted by Gasteiger charge is 2.76. The number of hydrogen-bond acceptors (Lipinski definition) is 4. The quantitative estimate of drug-likeness (QED) is 0.482. The number of nitro groups is 1. The molecule has 0 aliphatic heterocycles. The average Bonchev–Trinajstić information content (AvgIpc) is 2.65. The van der Waals surface area contributed by atoms with E-state index in [-0.39, 0.29) is 4.68 Å². The fourth-order valence-corrected chi connectivity index (χ4v) is 1.56. The van der Waals surface area contributed by atoms with E-state index in [1.54, 1.807) is 0 Å². The molecule has 0 aliphatic rings. The predicted molar refractivity (Wildman–Crippen MR) is 54.8 cm³/mol. The molecule has 0 saturated carbocycles. The molecule has 13 heteroatoms. The predicted octanol–water partition coefficient (Wildman–Crippen LogP) is 3.05. The Balaban J connectivity index is 3.72. The SMILES string of the molecule is CC(=O)n1nc(C(F)(F)C(F)(F)C(F)(F)F)c([N+](=O)[O-])c1C. The van der Waals surface area contributed by atoms with E-state index in [0.717, 1.165) is 0 Å². The molecular weight excluding hydrogens is 331 g/mol. The molecule has 0 atom stereocenters. The van der Waals surface area contributed by atoms with Gasteiger partial charge in [0.15, 0.2) is 0 Å². The van der Waals surface area contributed by atoms with Gasteiger partial charge in [-0.25, -0.2) is 0 Å². The Hall–Kier alpha value is -2.21. The molecule has 0 amide bonds. The summed E-state index contributed by atoms with van der Waals surface area (Å²) in [5.41, 5.74) is -5.12. The van der Waals surface area contributed by atoms with Crippen molar-refractivity contribution in [3.63, 3.8) is 0 Å².